The molecule has 1 aromatic heterocycles. The number of carbonyl (C=O) groups excluding carboxylic acids is 1. The third-order valence-electron chi connectivity index (χ3n) is 5.05. The number of rotatable bonds is 8. The maximum absolute atomic E-state index is 12.5. The summed E-state index contributed by atoms with van der Waals surface area (Å²) >= 11 is 0.826. The average molecular weight is 458 g/mol. The van der Waals surface area contributed by atoms with Gasteiger partial charge in [-0.3, -0.25) is 15.0 Å². The number of anilines is 1. The van der Waals surface area contributed by atoms with Gasteiger partial charge in [0.25, 0.3) is 15.9 Å². The summed E-state index contributed by atoms with van der Waals surface area (Å²) in [5, 5.41) is 10.2. The molecule has 8 nitrogen and oxygen atoms in total. The van der Waals surface area contributed by atoms with E-state index in [1.807, 2.05) is 6.07 Å². The highest BCUT2D eigenvalue weighted by Gasteiger charge is 2.21. The van der Waals surface area contributed by atoms with Crippen LogP contribution in [0, 0.1) is 0 Å². The van der Waals surface area contributed by atoms with Crippen molar-refractivity contribution in [3.8, 4) is 0 Å². The number of hydrogen-bond acceptors (Lipinski definition) is 7. The lowest BCUT2D eigenvalue weighted by molar-refractivity contribution is 0.102. The highest BCUT2D eigenvalue weighted by Crippen LogP contribution is 2.21. The van der Waals surface area contributed by atoms with Crippen molar-refractivity contribution in [3.63, 3.8) is 0 Å². The van der Waals surface area contributed by atoms with Crippen LogP contribution in [0.3, 0.4) is 0 Å². The minimum atomic E-state index is -3.77. The van der Waals surface area contributed by atoms with Crippen LogP contribution in [0.15, 0.2) is 58.9 Å². The van der Waals surface area contributed by atoms with Crippen molar-refractivity contribution in [2.45, 2.75) is 23.7 Å². The van der Waals surface area contributed by atoms with Gasteiger partial charge >= 0.3 is 0 Å². The largest absolute Gasteiger partial charge is 0.299 e. The molecule has 0 bridgehead atoms. The molecular weight excluding hydrogens is 434 g/mol. The molecule has 2 aromatic carbocycles. The Morgan fingerprint density at radius 1 is 1.03 bits per heavy atom. The van der Waals surface area contributed by atoms with Crippen LogP contribution in [0.4, 0.5) is 5.13 Å². The second-order valence-electron chi connectivity index (χ2n) is 7.24. The third kappa shape index (κ3) is 5.53. The van der Waals surface area contributed by atoms with Crippen molar-refractivity contribution < 1.29 is 13.2 Å². The molecule has 2 N–H and O–H groups in total. The van der Waals surface area contributed by atoms with E-state index < -0.39 is 10.0 Å². The molecule has 2 heterocycles. The van der Waals surface area contributed by atoms with Gasteiger partial charge in [-0.05, 0) is 42.6 Å². The van der Waals surface area contributed by atoms with Crippen molar-refractivity contribution >= 4 is 32.4 Å². The Hall–Kier alpha value is -2.66. The van der Waals surface area contributed by atoms with Crippen LogP contribution in [0.25, 0.3) is 0 Å². The second kappa shape index (κ2) is 9.65. The Kier molecular flexibility index (Phi) is 6.71. The summed E-state index contributed by atoms with van der Waals surface area (Å²) < 4.78 is 27.4. The lowest BCUT2D eigenvalue weighted by Crippen LogP contribution is -2.33. The van der Waals surface area contributed by atoms with Gasteiger partial charge in [0, 0.05) is 25.2 Å². The summed E-state index contributed by atoms with van der Waals surface area (Å²) in [7, 11) is -3.77. The topological polar surface area (TPSA) is 104 Å². The molecule has 0 unspecified atom stereocenters. The quantitative estimate of drug-likeness (QED) is 0.398. The zero-order valence-corrected chi connectivity index (χ0v) is 18.5. The first kappa shape index (κ1) is 21.6. The molecule has 1 amide bonds. The van der Waals surface area contributed by atoms with Gasteiger partial charge in [0.05, 0.1) is 0 Å². The summed E-state index contributed by atoms with van der Waals surface area (Å²) in [4.78, 5) is 14.5. The Labute approximate surface area is 185 Å². The smallest absolute Gasteiger partial charge is 0.269 e. The van der Waals surface area contributed by atoms with Crippen LogP contribution in [-0.4, -0.2) is 49.1 Å². The maximum Gasteiger partial charge on any atom is 0.269 e. The van der Waals surface area contributed by atoms with E-state index in [-0.39, 0.29) is 15.4 Å². The third-order valence-corrected chi connectivity index (χ3v) is 7.71. The Balaban J connectivity index is 1.25. The van der Waals surface area contributed by atoms with Crippen molar-refractivity contribution in [1.82, 2.24) is 19.8 Å². The van der Waals surface area contributed by atoms with Crippen LogP contribution >= 0.6 is 11.3 Å². The van der Waals surface area contributed by atoms with Crippen molar-refractivity contribution in [1.29, 1.82) is 0 Å². The SMILES string of the molecule is O=C(Nc1nnc(S(=O)(=O)NCCCN2CCc3ccccc3C2)s1)c1ccccc1. The van der Waals surface area contributed by atoms with Gasteiger partial charge in [-0.1, -0.05) is 53.8 Å². The van der Waals surface area contributed by atoms with Crippen LogP contribution in [0.1, 0.15) is 27.9 Å². The van der Waals surface area contributed by atoms with Crippen LogP contribution in [-0.2, 0) is 23.0 Å². The van der Waals surface area contributed by atoms with Gasteiger partial charge < -0.3 is 0 Å². The van der Waals surface area contributed by atoms with E-state index in [0.29, 0.717) is 18.5 Å². The number of aromatic nitrogens is 2. The summed E-state index contributed by atoms with van der Waals surface area (Å²) in [6.45, 7) is 2.99. The van der Waals surface area contributed by atoms with E-state index in [0.717, 1.165) is 37.4 Å². The normalized spacial score (nSPS) is 14.2. The molecule has 0 saturated carbocycles. The molecule has 1 aliphatic rings. The molecule has 0 saturated heterocycles. The molecule has 0 atom stereocenters. The van der Waals surface area contributed by atoms with Gasteiger partial charge in [0.2, 0.25) is 9.47 Å². The lowest BCUT2D eigenvalue weighted by atomic mass is 10.00. The first-order valence-electron chi connectivity index (χ1n) is 10.00. The molecule has 0 spiro atoms. The number of nitrogens with zero attached hydrogens (tertiary/aromatic N) is 3. The average Bonchev–Trinajstić information content (AvgIpc) is 3.27. The lowest BCUT2D eigenvalue weighted by Gasteiger charge is -2.28. The molecule has 0 fully saturated rings. The minimum absolute atomic E-state index is 0.140. The molecule has 0 radical (unpaired) electrons. The predicted molar refractivity (Wildman–Crippen MR) is 120 cm³/mol. The standard InChI is InChI=1S/C21H23N5O3S2/c27-19(17-8-2-1-3-9-17)23-20-24-25-21(30-20)31(28,29)22-12-6-13-26-14-11-16-7-4-5-10-18(16)15-26/h1-5,7-10,22H,6,11-15H2,(H,23,24,27). The number of amides is 1. The maximum atomic E-state index is 12.5. The highest BCUT2D eigenvalue weighted by atomic mass is 32.2. The number of nitrogens with one attached hydrogen (secondary N) is 2. The Morgan fingerprint density at radius 3 is 2.58 bits per heavy atom. The number of hydrogen-bond donors (Lipinski definition) is 2. The van der Waals surface area contributed by atoms with Crippen LogP contribution < -0.4 is 10.0 Å². The van der Waals surface area contributed by atoms with E-state index in [9.17, 15) is 13.2 Å². The Morgan fingerprint density at radius 2 is 1.77 bits per heavy atom. The predicted octanol–water partition coefficient (Wildman–Crippen LogP) is 2.52. The first-order valence-corrected chi connectivity index (χ1v) is 12.3. The van der Waals surface area contributed by atoms with E-state index in [2.05, 4.69) is 49.4 Å². The van der Waals surface area contributed by atoms with Crippen molar-refractivity contribution in [3.05, 3.63) is 71.3 Å². The molecule has 10 heteroatoms. The number of fused-ring (bicyclic) bond motifs is 1. The monoisotopic (exact) mass is 457 g/mol. The fourth-order valence-electron chi connectivity index (χ4n) is 3.44. The van der Waals surface area contributed by atoms with Gasteiger partial charge in [0.1, 0.15) is 0 Å². The zero-order chi connectivity index (χ0) is 21.7. The molecule has 4 rings (SSSR count). The fraction of sp³-hybridized carbons (Fsp3) is 0.286. The van der Waals surface area contributed by atoms with Crippen molar-refractivity contribution in [2.75, 3.05) is 25.0 Å². The summed E-state index contributed by atoms with van der Waals surface area (Å²) in [5.74, 6) is -0.364. The molecule has 0 aliphatic carbocycles. The summed E-state index contributed by atoms with van der Waals surface area (Å²) in [5.41, 5.74) is 3.19. The number of carbonyl (C=O) groups is 1. The van der Waals surface area contributed by atoms with Gasteiger partial charge in [-0.15, -0.1) is 10.2 Å². The number of sulfonamides is 1. The van der Waals surface area contributed by atoms with Gasteiger partial charge in [-0.25, -0.2) is 13.1 Å². The molecule has 31 heavy (non-hydrogen) atoms. The van der Waals surface area contributed by atoms with Crippen molar-refractivity contribution in [2.24, 2.45) is 0 Å². The molecule has 3 aromatic rings. The van der Waals surface area contributed by atoms with Gasteiger partial charge in [0.15, 0.2) is 0 Å². The minimum Gasteiger partial charge on any atom is -0.299 e. The first-order chi connectivity index (χ1) is 15.0. The summed E-state index contributed by atoms with van der Waals surface area (Å²) in [6, 6.07) is 17.1. The Bertz CT molecular complexity index is 1150. The molecule has 1 aliphatic heterocycles. The summed E-state index contributed by atoms with van der Waals surface area (Å²) in [6.07, 6.45) is 1.71. The second-order valence-corrected chi connectivity index (χ2v) is 10.2. The van der Waals surface area contributed by atoms with E-state index in [1.54, 1.807) is 24.3 Å². The fourth-order valence-corrected chi connectivity index (χ4v) is 5.45. The van der Waals surface area contributed by atoms with E-state index >= 15 is 0 Å². The van der Waals surface area contributed by atoms with E-state index in [1.165, 1.54) is 11.1 Å². The van der Waals surface area contributed by atoms with Crippen LogP contribution in [0.5, 0.6) is 0 Å². The molecule has 162 valence electrons. The molecular formula is C21H23N5O3S2. The van der Waals surface area contributed by atoms with Gasteiger partial charge in [-0.2, -0.15) is 0 Å². The number of benzene rings is 2. The highest BCUT2D eigenvalue weighted by molar-refractivity contribution is 7.91. The van der Waals surface area contributed by atoms with Crippen LogP contribution in [0.2, 0.25) is 0 Å². The zero-order valence-electron chi connectivity index (χ0n) is 16.8. The van der Waals surface area contributed by atoms with E-state index in [4.69, 9.17) is 0 Å².